The summed E-state index contributed by atoms with van der Waals surface area (Å²) in [5.41, 5.74) is -2.61. The van der Waals surface area contributed by atoms with Gasteiger partial charge in [-0.15, -0.1) is 0 Å². The normalized spacial score (nSPS) is 16.1. The highest BCUT2D eigenvalue weighted by molar-refractivity contribution is 7.91. The summed E-state index contributed by atoms with van der Waals surface area (Å²) >= 11 is 13.0. The number of sulfone groups is 1. The molecule has 1 unspecified atom stereocenters. The van der Waals surface area contributed by atoms with Crippen LogP contribution >= 0.6 is 23.2 Å². The molecule has 1 aliphatic heterocycles. The molecule has 0 aliphatic carbocycles. The van der Waals surface area contributed by atoms with Gasteiger partial charge in [0.05, 0.1) is 19.7 Å². The van der Waals surface area contributed by atoms with Gasteiger partial charge in [-0.1, -0.05) is 59.6 Å². The number of para-hydroxylation sites is 1. The minimum Gasteiger partial charge on any atom is -0.410 e. The van der Waals surface area contributed by atoms with E-state index in [0.29, 0.717) is 0 Å². The third-order valence-corrected chi connectivity index (χ3v) is 8.83. The van der Waals surface area contributed by atoms with E-state index in [4.69, 9.17) is 27.9 Å². The number of nitrogens with zero attached hydrogens (tertiary/aromatic N) is 1. The van der Waals surface area contributed by atoms with Crippen molar-refractivity contribution in [3.8, 4) is 5.75 Å². The van der Waals surface area contributed by atoms with Crippen molar-refractivity contribution in [1.29, 1.82) is 0 Å². The lowest BCUT2D eigenvalue weighted by Crippen LogP contribution is -2.53. The van der Waals surface area contributed by atoms with Crippen LogP contribution in [0.25, 0.3) is 0 Å². The topological polar surface area (TPSA) is 145 Å². The monoisotopic (exact) mass is 597 g/mol. The van der Waals surface area contributed by atoms with Crippen LogP contribution in [-0.4, -0.2) is 25.3 Å². The average molecular weight is 598 g/mol. The third kappa shape index (κ3) is 4.53. The fourth-order valence-electron chi connectivity index (χ4n) is 4.47. The number of nitro groups is 1. The minimum atomic E-state index is -4.53. The zero-order chi connectivity index (χ0) is 28.7. The molecule has 0 spiro atoms. The zero-order valence-electron chi connectivity index (χ0n) is 20.1. The van der Waals surface area contributed by atoms with Gasteiger partial charge in [0.25, 0.3) is 11.6 Å². The Bertz CT molecular complexity index is 1780. The van der Waals surface area contributed by atoms with E-state index in [2.05, 4.69) is 10.6 Å². The van der Waals surface area contributed by atoms with Crippen molar-refractivity contribution >= 4 is 56.4 Å². The maximum atomic E-state index is 14.0. The van der Waals surface area contributed by atoms with Crippen LogP contribution in [0, 0.1) is 10.1 Å². The fraction of sp³-hybridized carbons (Fsp3) is 0.0370. The molecule has 10 nitrogen and oxygen atoms in total. The van der Waals surface area contributed by atoms with Crippen LogP contribution in [0.1, 0.15) is 11.1 Å². The summed E-state index contributed by atoms with van der Waals surface area (Å²) in [6, 6.07) is 21.0. The van der Waals surface area contributed by atoms with E-state index in [1.54, 1.807) is 30.3 Å². The maximum absolute atomic E-state index is 14.0. The van der Waals surface area contributed by atoms with Crippen LogP contribution in [0.4, 0.5) is 16.2 Å². The molecule has 4 aromatic carbocycles. The SMILES string of the molecule is O=C(NC1(c2ccccc2Cl)C(=O)Nc2ccc(Cl)c(S(=O)(=O)c3ccc([N+](=O)[O-])cc3)c21)Oc1ccccc1. The van der Waals surface area contributed by atoms with Crippen LogP contribution < -0.4 is 15.4 Å². The molecular weight excluding hydrogens is 581 g/mol. The third-order valence-electron chi connectivity index (χ3n) is 6.22. The molecule has 40 heavy (non-hydrogen) atoms. The summed E-state index contributed by atoms with van der Waals surface area (Å²) in [5, 5.41) is 16.1. The van der Waals surface area contributed by atoms with Crippen LogP contribution in [0.5, 0.6) is 5.75 Å². The van der Waals surface area contributed by atoms with Gasteiger partial charge in [-0.2, -0.15) is 0 Å². The van der Waals surface area contributed by atoms with Crippen molar-refractivity contribution in [3.63, 3.8) is 0 Å². The second-order valence-corrected chi connectivity index (χ2v) is 11.3. The van der Waals surface area contributed by atoms with Gasteiger partial charge in [-0.05, 0) is 42.5 Å². The van der Waals surface area contributed by atoms with Crippen LogP contribution in [0.3, 0.4) is 0 Å². The van der Waals surface area contributed by atoms with Crippen molar-refractivity contribution in [2.45, 2.75) is 15.3 Å². The summed E-state index contributed by atoms with van der Waals surface area (Å²) in [6.07, 6.45) is -1.08. The molecule has 202 valence electrons. The van der Waals surface area contributed by atoms with Gasteiger partial charge >= 0.3 is 6.09 Å². The number of carbonyl (C=O) groups is 2. The Morgan fingerprint density at radius 1 is 0.900 bits per heavy atom. The Labute approximate surface area is 237 Å². The molecule has 0 aromatic heterocycles. The van der Waals surface area contributed by atoms with Gasteiger partial charge in [0.1, 0.15) is 5.75 Å². The van der Waals surface area contributed by atoms with E-state index < -0.39 is 37.2 Å². The van der Waals surface area contributed by atoms with Crippen LogP contribution in [0.15, 0.2) is 101 Å². The summed E-state index contributed by atoms with van der Waals surface area (Å²) in [4.78, 5) is 36.6. The van der Waals surface area contributed by atoms with Crippen molar-refractivity contribution in [1.82, 2.24) is 5.32 Å². The van der Waals surface area contributed by atoms with Gasteiger partial charge < -0.3 is 10.1 Å². The molecule has 1 aliphatic rings. The summed E-state index contributed by atoms with van der Waals surface area (Å²) in [6.45, 7) is 0. The standard InChI is InChI=1S/C27H17Cl2N3O7S/c28-20-9-5-4-8-19(20)27(31-26(34)39-17-6-2-1-3-7-17)23-22(30-25(27)33)15-14-21(29)24(23)40(37,38)18-12-10-16(11-13-18)32(35)36/h1-15H,(H,30,33)(H,31,34). The van der Waals surface area contributed by atoms with Crippen molar-refractivity contribution < 1.29 is 27.7 Å². The number of nitrogens with one attached hydrogen (secondary N) is 2. The smallest absolute Gasteiger partial charge is 0.410 e. The number of non-ortho nitro benzene ring substituents is 1. The highest BCUT2D eigenvalue weighted by atomic mass is 35.5. The van der Waals surface area contributed by atoms with Gasteiger partial charge in [-0.25, -0.2) is 13.2 Å². The maximum Gasteiger partial charge on any atom is 0.414 e. The molecule has 0 bridgehead atoms. The van der Waals surface area contributed by atoms with E-state index in [1.165, 1.54) is 36.4 Å². The number of nitro benzene ring substituents is 1. The number of ether oxygens (including phenoxy) is 1. The molecular formula is C27H17Cl2N3O7S. The molecule has 0 saturated heterocycles. The van der Waals surface area contributed by atoms with Crippen molar-refractivity contribution in [2.24, 2.45) is 0 Å². The number of hydrogen-bond donors (Lipinski definition) is 2. The lowest BCUT2D eigenvalue weighted by Gasteiger charge is -2.31. The molecule has 0 saturated carbocycles. The molecule has 1 atom stereocenters. The number of rotatable bonds is 6. The van der Waals surface area contributed by atoms with Crippen LogP contribution in [0.2, 0.25) is 10.0 Å². The zero-order valence-corrected chi connectivity index (χ0v) is 22.5. The number of anilines is 1. The first kappa shape index (κ1) is 27.1. The molecule has 13 heteroatoms. The first-order valence-corrected chi connectivity index (χ1v) is 13.7. The second kappa shape index (κ2) is 10.3. The number of hydrogen-bond acceptors (Lipinski definition) is 7. The van der Waals surface area contributed by atoms with Crippen LogP contribution in [-0.2, 0) is 20.2 Å². The lowest BCUT2D eigenvalue weighted by atomic mass is 9.83. The fourth-order valence-corrected chi connectivity index (χ4v) is 6.80. The number of amides is 2. The van der Waals surface area contributed by atoms with Gasteiger partial charge in [0.2, 0.25) is 9.84 Å². The molecule has 4 aromatic rings. The predicted molar refractivity (Wildman–Crippen MR) is 146 cm³/mol. The Morgan fingerprint density at radius 2 is 1.55 bits per heavy atom. The number of benzene rings is 4. The van der Waals surface area contributed by atoms with Gasteiger partial charge in [0.15, 0.2) is 5.54 Å². The van der Waals surface area contributed by atoms with E-state index in [0.717, 1.165) is 24.3 Å². The average Bonchev–Trinajstić information content (AvgIpc) is 3.20. The predicted octanol–water partition coefficient (Wildman–Crippen LogP) is 5.72. The highest BCUT2D eigenvalue weighted by Gasteiger charge is 2.54. The van der Waals surface area contributed by atoms with Crippen molar-refractivity contribution in [3.05, 3.63) is 122 Å². The first-order valence-electron chi connectivity index (χ1n) is 11.5. The van der Waals surface area contributed by atoms with E-state index in [-0.39, 0.29) is 43.2 Å². The second-order valence-electron chi connectivity index (χ2n) is 8.57. The Balaban J connectivity index is 1.75. The Hall–Kier alpha value is -4.45. The Kier molecular flexibility index (Phi) is 6.96. The molecule has 0 fully saturated rings. The summed E-state index contributed by atoms with van der Waals surface area (Å²) in [5.74, 6) is -0.652. The Morgan fingerprint density at radius 3 is 2.20 bits per heavy atom. The highest BCUT2D eigenvalue weighted by Crippen LogP contribution is 2.49. The lowest BCUT2D eigenvalue weighted by molar-refractivity contribution is -0.384. The van der Waals surface area contributed by atoms with Gasteiger partial charge in [0, 0.05) is 34.0 Å². The molecule has 2 N–H and O–H groups in total. The first-order chi connectivity index (χ1) is 19.1. The van der Waals surface area contributed by atoms with Gasteiger partial charge in [-0.3, -0.25) is 20.2 Å². The van der Waals surface area contributed by atoms with E-state index in [9.17, 15) is 28.1 Å². The molecule has 1 heterocycles. The van der Waals surface area contributed by atoms with E-state index >= 15 is 0 Å². The number of halogens is 2. The summed E-state index contributed by atoms with van der Waals surface area (Å²) < 4.78 is 33.4. The molecule has 2 amide bonds. The number of fused-ring (bicyclic) bond motifs is 1. The molecule has 5 rings (SSSR count). The van der Waals surface area contributed by atoms with Crippen molar-refractivity contribution in [2.75, 3.05) is 5.32 Å². The number of carbonyl (C=O) groups excluding carboxylic acids is 2. The van der Waals surface area contributed by atoms with E-state index in [1.807, 2.05) is 0 Å². The summed E-state index contributed by atoms with van der Waals surface area (Å²) in [7, 11) is -4.53. The largest absolute Gasteiger partial charge is 0.414 e. The quantitative estimate of drug-likeness (QED) is 0.213. The minimum absolute atomic E-state index is 0.0455. The molecule has 0 radical (unpaired) electrons.